The number of rotatable bonds is 3. The molecule has 0 radical (unpaired) electrons. The summed E-state index contributed by atoms with van der Waals surface area (Å²) in [6.07, 6.45) is 0.952. The highest BCUT2D eigenvalue weighted by Crippen LogP contribution is 2.23. The first kappa shape index (κ1) is 13.2. The molecule has 2 nitrogen and oxygen atoms in total. The summed E-state index contributed by atoms with van der Waals surface area (Å²) >= 11 is 0. The zero-order valence-electron chi connectivity index (χ0n) is 10.5. The Hall–Kier alpha value is -0.830. The van der Waals surface area contributed by atoms with E-state index < -0.39 is 10.8 Å². The summed E-state index contributed by atoms with van der Waals surface area (Å²) in [5.74, 6) is 0.702. The third-order valence-corrected chi connectivity index (χ3v) is 4.12. The Kier molecular flexibility index (Phi) is 4.14. The van der Waals surface area contributed by atoms with Crippen molar-refractivity contribution in [2.24, 2.45) is 5.41 Å². The molecule has 0 aliphatic heterocycles. The van der Waals surface area contributed by atoms with Gasteiger partial charge in [-0.3, -0.25) is 4.21 Å². The highest BCUT2D eigenvalue weighted by molar-refractivity contribution is 7.85. The Labute approximate surface area is 101 Å². The van der Waals surface area contributed by atoms with Gasteiger partial charge in [-0.15, -0.1) is 0 Å². The van der Waals surface area contributed by atoms with Crippen molar-refractivity contribution in [2.45, 2.75) is 39.0 Å². The van der Waals surface area contributed by atoms with Gasteiger partial charge in [-0.25, -0.2) is 0 Å². The van der Waals surface area contributed by atoms with Gasteiger partial charge in [-0.05, 0) is 36.5 Å². The van der Waals surface area contributed by atoms with E-state index in [1.807, 2.05) is 25.1 Å². The van der Waals surface area contributed by atoms with E-state index in [0.717, 1.165) is 22.6 Å². The molecular weight excluding hydrogens is 218 g/mol. The first-order valence-electron chi connectivity index (χ1n) is 5.55. The Morgan fingerprint density at radius 1 is 1.31 bits per heavy atom. The van der Waals surface area contributed by atoms with Gasteiger partial charge < -0.3 is 5.73 Å². The average Bonchev–Trinajstić information content (AvgIpc) is 2.17. The Balaban J connectivity index is 2.78. The van der Waals surface area contributed by atoms with Crippen molar-refractivity contribution >= 4 is 16.5 Å². The lowest BCUT2D eigenvalue weighted by Crippen LogP contribution is -2.11. The van der Waals surface area contributed by atoms with E-state index in [1.54, 1.807) is 0 Å². The SMILES string of the molecule is Cc1c(N)cccc1S(=O)CCC(C)(C)C. The minimum atomic E-state index is -0.932. The maximum atomic E-state index is 12.1. The molecule has 0 fully saturated rings. The van der Waals surface area contributed by atoms with Gasteiger partial charge in [-0.2, -0.15) is 0 Å². The molecule has 1 aromatic carbocycles. The summed E-state index contributed by atoms with van der Waals surface area (Å²) in [5, 5.41) is 0. The van der Waals surface area contributed by atoms with Crippen LogP contribution >= 0.6 is 0 Å². The standard InChI is InChI=1S/C13H21NOS/c1-10-11(14)6-5-7-12(10)16(15)9-8-13(2,3)4/h5-7H,8-9,14H2,1-4H3. The molecule has 0 saturated heterocycles. The van der Waals surface area contributed by atoms with Gasteiger partial charge in [0.15, 0.2) is 0 Å². The largest absolute Gasteiger partial charge is 0.398 e. The third kappa shape index (κ3) is 3.63. The summed E-state index contributed by atoms with van der Waals surface area (Å²) in [6.45, 7) is 8.42. The quantitative estimate of drug-likeness (QED) is 0.824. The number of benzene rings is 1. The van der Waals surface area contributed by atoms with E-state index in [0.29, 0.717) is 5.75 Å². The Morgan fingerprint density at radius 3 is 2.50 bits per heavy atom. The van der Waals surface area contributed by atoms with Crippen molar-refractivity contribution in [1.29, 1.82) is 0 Å². The first-order chi connectivity index (χ1) is 7.31. The van der Waals surface area contributed by atoms with Gasteiger partial charge in [0.05, 0.1) is 10.8 Å². The van der Waals surface area contributed by atoms with E-state index in [9.17, 15) is 4.21 Å². The van der Waals surface area contributed by atoms with Gasteiger partial charge in [0, 0.05) is 16.3 Å². The normalized spacial score (nSPS) is 13.8. The van der Waals surface area contributed by atoms with Crippen molar-refractivity contribution in [3.8, 4) is 0 Å². The van der Waals surface area contributed by atoms with Crippen molar-refractivity contribution in [3.05, 3.63) is 23.8 Å². The molecule has 1 atom stereocenters. The monoisotopic (exact) mass is 239 g/mol. The molecule has 0 amide bonds. The van der Waals surface area contributed by atoms with Crippen molar-refractivity contribution in [3.63, 3.8) is 0 Å². The smallest absolute Gasteiger partial charge is 0.0533 e. The van der Waals surface area contributed by atoms with E-state index in [4.69, 9.17) is 5.73 Å². The van der Waals surface area contributed by atoms with Crippen molar-refractivity contribution in [2.75, 3.05) is 11.5 Å². The topological polar surface area (TPSA) is 43.1 Å². The summed E-state index contributed by atoms with van der Waals surface area (Å²) in [6, 6.07) is 5.62. The molecule has 0 aliphatic rings. The van der Waals surface area contributed by atoms with E-state index in [1.165, 1.54) is 0 Å². The van der Waals surface area contributed by atoms with Gasteiger partial charge in [0.25, 0.3) is 0 Å². The number of nitrogens with two attached hydrogens (primary N) is 1. The van der Waals surface area contributed by atoms with Crippen LogP contribution in [0.4, 0.5) is 5.69 Å². The second-order valence-corrected chi connectivity index (χ2v) is 6.87. The highest BCUT2D eigenvalue weighted by Gasteiger charge is 2.14. The molecule has 16 heavy (non-hydrogen) atoms. The van der Waals surface area contributed by atoms with Crippen LogP contribution < -0.4 is 5.73 Å². The number of nitrogen functional groups attached to an aromatic ring is 1. The molecule has 0 saturated carbocycles. The van der Waals surface area contributed by atoms with Crippen LogP contribution in [0.25, 0.3) is 0 Å². The lowest BCUT2D eigenvalue weighted by molar-refractivity contribution is 0.400. The van der Waals surface area contributed by atoms with Gasteiger partial charge in [0.1, 0.15) is 0 Å². The molecule has 1 rings (SSSR count). The summed E-state index contributed by atoms with van der Waals surface area (Å²) in [4.78, 5) is 0.879. The molecule has 1 unspecified atom stereocenters. The molecule has 2 N–H and O–H groups in total. The summed E-state index contributed by atoms with van der Waals surface area (Å²) in [5.41, 5.74) is 7.71. The predicted molar refractivity (Wildman–Crippen MR) is 70.9 cm³/mol. The number of hydrogen-bond donors (Lipinski definition) is 1. The maximum Gasteiger partial charge on any atom is 0.0533 e. The fraction of sp³-hybridized carbons (Fsp3) is 0.538. The van der Waals surface area contributed by atoms with Crippen LogP contribution in [-0.4, -0.2) is 9.96 Å². The molecule has 0 spiro atoms. The van der Waals surface area contributed by atoms with Crippen LogP contribution in [0.1, 0.15) is 32.8 Å². The van der Waals surface area contributed by atoms with E-state index in [-0.39, 0.29) is 5.41 Å². The molecule has 90 valence electrons. The number of anilines is 1. The summed E-state index contributed by atoms with van der Waals surface area (Å²) < 4.78 is 12.1. The lowest BCUT2D eigenvalue weighted by atomic mass is 9.94. The Morgan fingerprint density at radius 2 is 1.94 bits per heavy atom. The molecule has 3 heteroatoms. The van der Waals surface area contributed by atoms with Gasteiger partial charge in [-0.1, -0.05) is 26.8 Å². The van der Waals surface area contributed by atoms with Crippen LogP contribution in [0.3, 0.4) is 0 Å². The predicted octanol–water partition coefficient (Wildman–Crippen LogP) is 3.12. The maximum absolute atomic E-state index is 12.1. The second kappa shape index (κ2) is 5.00. The minimum Gasteiger partial charge on any atom is -0.398 e. The van der Waals surface area contributed by atoms with E-state index in [2.05, 4.69) is 20.8 Å². The van der Waals surface area contributed by atoms with Crippen LogP contribution in [0, 0.1) is 12.3 Å². The van der Waals surface area contributed by atoms with Crippen LogP contribution in [-0.2, 0) is 10.8 Å². The number of hydrogen-bond acceptors (Lipinski definition) is 2. The first-order valence-corrected chi connectivity index (χ1v) is 6.86. The van der Waals surface area contributed by atoms with Gasteiger partial charge >= 0.3 is 0 Å². The van der Waals surface area contributed by atoms with E-state index >= 15 is 0 Å². The summed E-state index contributed by atoms with van der Waals surface area (Å²) in [7, 11) is -0.932. The van der Waals surface area contributed by atoms with Crippen LogP contribution in [0.2, 0.25) is 0 Å². The Bertz CT molecular complexity index is 393. The molecular formula is C13H21NOS. The molecule has 0 aliphatic carbocycles. The van der Waals surface area contributed by atoms with Crippen LogP contribution in [0.5, 0.6) is 0 Å². The fourth-order valence-corrected chi connectivity index (χ4v) is 3.09. The van der Waals surface area contributed by atoms with Crippen molar-refractivity contribution in [1.82, 2.24) is 0 Å². The highest BCUT2D eigenvalue weighted by atomic mass is 32.2. The molecule has 0 aromatic heterocycles. The molecule has 1 aromatic rings. The van der Waals surface area contributed by atoms with Crippen molar-refractivity contribution < 1.29 is 4.21 Å². The fourth-order valence-electron chi connectivity index (χ4n) is 1.39. The zero-order chi connectivity index (χ0) is 12.3. The minimum absolute atomic E-state index is 0.226. The average molecular weight is 239 g/mol. The zero-order valence-corrected chi connectivity index (χ0v) is 11.4. The third-order valence-electron chi connectivity index (χ3n) is 2.61. The lowest BCUT2D eigenvalue weighted by Gasteiger charge is -2.17. The van der Waals surface area contributed by atoms with Gasteiger partial charge in [0.2, 0.25) is 0 Å². The second-order valence-electron chi connectivity index (χ2n) is 5.33. The molecule has 0 bridgehead atoms. The van der Waals surface area contributed by atoms with Crippen LogP contribution in [0.15, 0.2) is 23.1 Å². The molecule has 0 heterocycles.